The first kappa shape index (κ1) is 22.9. The molecule has 0 spiro atoms. The number of aryl methyl sites for hydroxylation is 1. The van der Waals surface area contributed by atoms with Gasteiger partial charge >= 0.3 is 11.2 Å². The quantitative estimate of drug-likeness (QED) is 0.544. The Bertz CT molecular complexity index is 1120. The van der Waals surface area contributed by atoms with Crippen molar-refractivity contribution in [3.05, 3.63) is 41.2 Å². The molecule has 1 atom stereocenters. The number of hydrogen-bond acceptors (Lipinski definition) is 7. The van der Waals surface area contributed by atoms with Gasteiger partial charge in [-0.1, -0.05) is 0 Å². The van der Waals surface area contributed by atoms with Crippen molar-refractivity contribution in [1.29, 1.82) is 0 Å². The second kappa shape index (κ2) is 8.76. The Morgan fingerprint density at radius 3 is 2.52 bits per heavy atom. The van der Waals surface area contributed by atoms with Gasteiger partial charge in [0.25, 0.3) is 0 Å². The van der Waals surface area contributed by atoms with Crippen LogP contribution in [0.15, 0.2) is 29.6 Å². The van der Waals surface area contributed by atoms with E-state index in [1.54, 1.807) is 52.3 Å². The molecular weight excluding hydrogens is 418 g/mol. The Labute approximate surface area is 184 Å². The lowest BCUT2D eigenvalue weighted by Crippen LogP contribution is -2.29. The van der Waals surface area contributed by atoms with Gasteiger partial charge in [0.2, 0.25) is 0 Å². The Morgan fingerprint density at radius 2 is 1.90 bits per heavy atom. The predicted molar refractivity (Wildman–Crippen MR) is 118 cm³/mol. The lowest BCUT2D eigenvalue weighted by atomic mass is 10.1. The second-order valence-electron chi connectivity index (χ2n) is 8.10. The number of ether oxygens (including phenoxy) is 3. The highest BCUT2D eigenvalue weighted by molar-refractivity contribution is 7.90. The van der Waals surface area contributed by atoms with Gasteiger partial charge < -0.3 is 18.8 Å². The molecule has 0 aliphatic rings. The van der Waals surface area contributed by atoms with Crippen LogP contribution in [-0.4, -0.2) is 45.0 Å². The van der Waals surface area contributed by atoms with Crippen LogP contribution in [0.2, 0.25) is 0 Å². The van der Waals surface area contributed by atoms with E-state index in [0.717, 1.165) is 11.1 Å². The number of aromatic nitrogens is 3. The maximum Gasteiger partial charge on any atom is 0.424 e. The predicted octanol–water partition coefficient (Wildman–Crippen LogP) is 4.16. The van der Waals surface area contributed by atoms with E-state index in [1.807, 2.05) is 13.8 Å². The van der Waals surface area contributed by atoms with E-state index >= 15 is 0 Å². The largest absolute Gasteiger partial charge is 0.609 e. The highest BCUT2D eigenvalue weighted by atomic mass is 32.2. The summed E-state index contributed by atoms with van der Waals surface area (Å²) in [6, 6.07) is 5.12. The Balaban J connectivity index is 2.08. The van der Waals surface area contributed by atoms with E-state index in [4.69, 9.17) is 14.2 Å². The fourth-order valence-corrected chi connectivity index (χ4v) is 4.45. The molecule has 0 amide bonds. The Morgan fingerprint density at radius 1 is 1.19 bits per heavy atom. The van der Waals surface area contributed by atoms with Crippen LogP contribution in [0.1, 0.15) is 37.6 Å². The lowest BCUT2D eigenvalue weighted by Gasteiger charge is -2.20. The molecule has 1 aromatic carbocycles. The summed E-state index contributed by atoms with van der Waals surface area (Å²) in [4.78, 5) is 21.9. The smallest absolute Gasteiger partial charge is 0.424 e. The van der Waals surface area contributed by atoms with Crippen LogP contribution in [0, 0.1) is 13.8 Å². The van der Waals surface area contributed by atoms with Crippen LogP contribution in [0.5, 0.6) is 11.5 Å². The Hall–Kier alpha value is -2.78. The van der Waals surface area contributed by atoms with Gasteiger partial charge in [-0.15, -0.1) is 0 Å². The minimum absolute atomic E-state index is 0.0751. The van der Waals surface area contributed by atoms with Crippen molar-refractivity contribution in [2.24, 2.45) is 0 Å². The molecule has 0 saturated carbocycles. The molecule has 166 valence electrons. The van der Waals surface area contributed by atoms with E-state index in [-0.39, 0.29) is 10.9 Å². The number of hydrogen-bond donors (Lipinski definition) is 0. The van der Waals surface area contributed by atoms with Gasteiger partial charge in [0.05, 0.1) is 30.9 Å². The average Bonchev–Trinajstić information content (AvgIpc) is 3.08. The molecule has 2 aromatic heterocycles. The summed E-state index contributed by atoms with van der Waals surface area (Å²) < 4.78 is 30.9. The molecule has 8 nitrogen and oxygen atoms in total. The van der Waals surface area contributed by atoms with Crippen molar-refractivity contribution < 1.29 is 23.6 Å². The average molecular weight is 446 g/mol. The minimum atomic E-state index is -1.67. The molecule has 3 aromatic rings. The number of carbonyl (C=O) groups excluding carboxylic acids is 1. The molecule has 0 fully saturated rings. The van der Waals surface area contributed by atoms with Crippen molar-refractivity contribution in [3.8, 4) is 11.5 Å². The fraction of sp³-hybridized carbons (Fsp3) is 0.409. The van der Waals surface area contributed by atoms with Crippen LogP contribution in [0.25, 0.3) is 11.0 Å². The SMILES string of the molecule is COc1ccc2nc([S+]([O-])Cc3ncc(C)c(OC)c3C)n(C(=O)OC(C)(C)C)c2c1. The number of benzene rings is 1. The van der Waals surface area contributed by atoms with Crippen LogP contribution in [-0.2, 0) is 21.7 Å². The molecule has 0 aliphatic heterocycles. The summed E-state index contributed by atoms with van der Waals surface area (Å²) in [6.45, 7) is 9.08. The van der Waals surface area contributed by atoms with Crippen molar-refractivity contribution in [2.75, 3.05) is 14.2 Å². The maximum absolute atomic E-state index is 13.4. The maximum atomic E-state index is 13.4. The summed E-state index contributed by atoms with van der Waals surface area (Å²) in [6.07, 6.45) is 1.03. The van der Waals surface area contributed by atoms with Crippen molar-refractivity contribution in [3.63, 3.8) is 0 Å². The third-order valence-corrected chi connectivity index (χ3v) is 5.84. The van der Waals surface area contributed by atoms with Crippen LogP contribution < -0.4 is 9.47 Å². The fourth-order valence-electron chi connectivity index (χ4n) is 3.20. The molecule has 3 rings (SSSR count). The zero-order valence-corrected chi connectivity index (χ0v) is 19.6. The van der Waals surface area contributed by atoms with Gasteiger partial charge in [-0.3, -0.25) is 4.98 Å². The van der Waals surface area contributed by atoms with Gasteiger partial charge in [0.15, 0.2) is 5.75 Å². The molecule has 1 unspecified atom stereocenters. The van der Waals surface area contributed by atoms with Crippen LogP contribution in [0.4, 0.5) is 4.79 Å². The number of rotatable bonds is 5. The molecule has 0 N–H and O–H groups in total. The lowest BCUT2D eigenvalue weighted by molar-refractivity contribution is 0.0528. The number of carbonyl (C=O) groups is 1. The first-order valence-electron chi connectivity index (χ1n) is 9.73. The third-order valence-electron chi connectivity index (χ3n) is 4.63. The highest BCUT2D eigenvalue weighted by Crippen LogP contribution is 2.29. The first-order chi connectivity index (χ1) is 14.6. The van der Waals surface area contributed by atoms with Gasteiger partial charge in [-0.2, -0.15) is 9.55 Å². The van der Waals surface area contributed by atoms with Crippen LogP contribution in [0.3, 0.4) is 0 Å². The van der Waals surface area contributed by atoms with Crippen molar-refractivity contribution >= 4 is 28.3 Å². The monoisotopic (exact) mass is 445 g/mol. The summed E-state index contributed by atoms with van der Waals surface area (Å²) >= 11 is -1.67. The van der Waals surface area contributed by atoms with Gasteiger partial charge in [0, 0.05) is 34.6 Å². The number of methoxy groups -OCH3 is 2. The zero-order valence-electron chi connectivity index (χ0n) is 18.8. The topological polar surface area (TPSA) is 98.5 Å². The van der Waals surface area contributed by atoms with Crippen LogP contribution >= 0.6 is 0 Å². The van der Waals surface area contributed by atoms with Crippen molar-refractivity contribution in [2.45, 2.75) is 51.1 Å². The normalized spacial score (nSPS) is 12.6. The summed E-state index contributed by atoms with van der Waals surface area (Å²) in [5, 5.41) is 0.0956. The molecule has 9 heteroatoms. The summed E-state index contributed by atoms with van der Waals surface area (Å²) in [5.41, 5.74) is 2.55. The molecule has 0 saturated heterocycles. The van der Waals surface area contributed by atoms with Gasteiger partial charge in [0.1, 0.15) is 17.1 Å². The van der Waals surface area contributed by atoms with E-state index in [1.165, 1.54) is 11.7 Å². The van der Waals surface area contributed by atoms with E-state index < -0.39 is 22.9 Å². The van der Waals surface area contributed by atoms with Crippen molar-refractivity contribution in [1.82, 2.24) is 14.5 Å². The molecule has 0 radical (unpaired) electrons. The molecule has 31 heavy (non-hydrogen) atoms. The third kappa shape index (κ3) is 4.77. The highest BCUT2D eigenvalue weighted by Gasteiger charge is 2.31. The second-order valence-corrected chi connectivity index (χ2v) is 9.45. The number of nitrogens with zero attached hydrogens (tertiary/aromatic N) is 3. The van der Waals surface area contributed by atoms with Gasteiger partial charge in [-0.25, -0.2) is 4.79 Å². The zero-order chi connectivity index (χ0) is 22.9. The number of fused-ring (bicyclic) bond motifs is 1. The number of pyridine rings is 1. The molecular formula is C22H27N3O5S. The van der Waals surface area contributed by atoms with Gasteiger partial charge in [-0.05, 0) is 46.8 Å². The Kier molecular flexibility index (Phi) is 6.47. The van der Waals surface area contributed by atoms with E-state index in [0.29, 0.717) is 28.2 Å². The van der Waals surface area contributed by atoms with E-state index in [9.17, 15) is 9.35 Å². The molecule has 0 bridgehead atoms. The van der Waals surface area contributed by atoms with E-state index in [2.05, 4.69) is 9.97 Å². The summed E-state index contributed by atoms with van der Waals surface area (Å²) in [7, 11) is 3.12. The molecule has 2 heterocycles. The first-order valence-corrected chi connectivity index (χ1v) is 11.0. The minimum Gasteiger partial charge on any atom is -0.609 e. The number of imidazole rings is 1. The standard InChI is InChI=1S/C22H27N3O5S/c1-13-11-23-17(14(2)19(13)29-7)12-31(27)20-24-16-9-8-15(28-6)10-18(16)25(20)21(26)30-22(3,4)5/h8-11H,12H2,1-7H3. The summed E-state index contributed by atoms with van der Waals surface area (Å²) in [5.74, 6) is 1.33. The molecule has 0 aliphatic carbocycles.